The molecule has 204 valence electrons. The topological polar surface area (TPSA) is 65.1 Å². The lowest BCUT2D eigenvalue weighted by molar-refractivity contribution is -0.130. The molecule has 2 aromatic carbocycles. The number of likely N-dealkylation sites (tertiary alicyclic amines) is 1. The fraction of sp³-hybridized carbons (Fsp3) is 0.548. The lowest BCUT2D eigenvalue weighted by Gasteiger charge is -2.39. The first kappa shape index (κ1) is 26.5. The van der Waals surface area contributed by atoms with Crippen LogP contribution in [0.15, 0.2) is 42.5 Å². The Morgan fingerprint density at radius 2 is 1.87 bits per heavy atom. The molecule has 0 radical (unpaired) electrons. The van der Waals surface area contributed by atoms with Crippen LogP contribution in [0.2, 0.25) is 0 Å². The van der Waals surface area contributed by atoms with Crippen LogP contribution in [0.4, 0.5) is 11.4 Å². The number of amides is 2. The normalized spacial score (nSPS) is 22.1. The summed E-state index contributed by atoms with van der Waals surface area (Å²) in [5.41, 5.74) is 3.84. The highest BCUT2D eigenvalue weighted by Gasteiger charge is 2.47. The van der Waals surface area contributed by atoms with Crippen molar-refractivity contribution in [2.45, 2.75) is 64.0 Å². The molecule has 0 bridgehead atoms. The predicted molar refractivity (Wildman–Crippen MR) is 152 cm³/mol. The van der Waals surface area contributed by atoms with Crippen LogP contribution >= 0.6 is 0 Å². The van der Waals surface area contributed by atoms with E-state index in [4.69, 9.17) is 4.74 Å². The third-order valence-electron chi connectivity index (χ3n) is 8.61. The van der Waals surface area contributed by atoms with Crippen molar-refractivity contribution in [1.29, 1.82) is 0 Å². The summed E-state index contributed by atoms with van der Waals surface area (Å²) >= 11 is 0. The van der Waals surface area contributed by atoms with E-state index in [-0.39, 0.29) is 23.4 Å². The second kappa shape index (κ2) is 11.0. The molecule has 5 rings (SSSR count). The minimum absolute atomic E-state index is 0.113. The monoisotopic (exact) mass is 518 g/mol. The van der Waals surface area contributed by atoms with Gasteiger partial charge in [-0.2, -0.15) is 0 Å². The molecule has 2 saturated heterocycles. The van der Waals surface area contributed by atoms with Crippen LogP contribution in [-0.4, -0.2) is 73.5 Å². The van der Waals surface area contributed by atoms with Crippen molar-refractivity contribution >= 4 is 23.2 Å². The molecule has 3 fully saturated rings. The molecule has 38 heavy (non-hydrogen) atoms. The van der Waals surface area contributed by atoms with Crippen LogP contribution in [0.1, 0.15) is 61.4 Å². The fourth-order valence-electron chi connectivity index (χ4n) is 6.09. The molecule has 1 saturated carbocycles. The number of carbonyl (C=O) groups excluding carboxylic acids is 2. The minimum Gasteiger partial charge on any atom is -0.493 e. The van der Waals surface area contributed by atoms with Crippen molar-refractivity contribution < 1.29 is 14.3 Å². The second-order valence-electron chi connectivity index (χ2n) is 11.8. The number of rotatable bonds is 9. The summed E-state index contributed by atoms with van der Waals surface area (Å²) in [7, 11) is 3.67. The zero-order valence-electron chi connectivity index (χ0n) is 23.3. The third-order valence-corrected chi connectivity index (χ3v) is 8.61. The number of hydrogen-bond donors (Lipinski definition) is 1. The van der Waals surface area contributed by atoms with Gasteiger partial charge in [0.2, 0.25) is 5.91 Å². The molecular weight excluding hydrogens is 476 g/mol. The molecule has 1 N–H and O–H groups in total. The Labute approximate surface area is 227 Å². The van der Waals surface area contributed by atoms with E-state index in [1.54, 1.807) is 4.90 Å². The van der Waals surface area contributed by atoms with Gasteiger partial charge in [0.05, 0.1) is 6.61 Å². The van der Waals surface area contributed by atoms with Crippen molar-refractivity contribution in [3.63, 3.8) is 0 Å². The van der Waals surface area contributed by atoms with Crippen LogP contribution in [-0.2, 0) is 4.79 Å². The standard InChI is InChI=1S/C31H42N4O3/c1-22-18-26(34-17-15-31(21-34)14-5-16-35(31)23(2)19-29(36)33(3)4)10-13-28(22)32-30(37)25-8-11-27(12-9-25)38-20-24-6-7-24/h8-13,18,23-24H,5-7,14-17,19-21H2,1-4H3,(H,32,37). The van der Waals surface area contributed by atoms with Gasteiger partial charge in [0, 0.05) is 62.1 Å². The lowest BCUT2D eigenvalue weighted by Crippen LogP contribution is -2.51. The van der Waals surface area contributed by atoms with Gasteiger partial charge >= 0.3 is 0 Å². The quantitative estimate of drug-likeness (QED) is 0.509. The first-order chi connectivity index (χ1) is 18.2. The number of aryl methyl sites for hydroxylation is 1. The number of benzene rings is 2. The SMILES string of the molecule is Cc1cc(N2CCC3(CCCN3C(C)CC(=O)N(C)C)C2)ccc1NC(=O)c1ccc(OCC2CC2)cc1. The summed E-state index contributed by atoms with van der Waals surface area (Å²) in [6.07, 6.45) is 6.57. The smallest absolute Gasteiger partial charge is 0.255 e. The van der Waals surface area contributed by atoms with Gasteiger partial charge in [-0.05, 0) is 106 Å². The number of nitrogens with one attached hydrogen (secondary N) is 1. The van der Waals surface area contributed by atoms with Crippen molar-refractivity contribution in [3.8, 4) is 5.75 Å². The van der Waals surface area contributed by atoms with Gasteiger partial charge in [0.25, 0.3) is 5.91 Å². The van der Waals surface area contributed by atoms with E-state index in [1.807, 2.05) is 44.4 Å². The minimum atomic E-state index is -0.113. The maximum atomic E-state index is 12.9. The molecule has 0 aromatic heterocycles. The van der Waals surface area contributed by atoms with Gasteiger partial charge in [-0.1, -0.05) is 0 Å². The van der Waals surface area contributed by atoms with Gasteiger partial charge in [0.15, 0.2) is 0 Å². The highest BCUT2D eigenvalue weighted by atomic mass is 16.5. The first-order valence-corrected chi connectivity index (χ1v) is 14.1. The maximum absolute atomic E-state index is 12.9. The molecule has 2 atom stereocenters. The van der Waals surface area contributed by atoms with E-state index in [0.29, 0.717) is 17.9 Å². The Hall–Kier alpha value is -3.06. The number of anilines is 2. The van der Waals surface area contributed by atoms with Crippen LogP contribution in [0.3, 0.4) is 0 Å². The van der Waals surface area contributed by atoms with Crippen LogP contribution < -0.4 is 15.0 Å². The maximum Gasteiger partial charge on any atom is 0.255 e. The summed E-state index contributed by atoms with van der Waals surface area (Å²) in [4.78, 5) is 32.0. The van der Waals surface area contributed by atoms with Crippen molar-refractivity contribution in [2.75, 3.05) is 50.6 Å². The van der Waals surface area contributed by atoms with Crippen LogP contribution in [0.25, 0.3) is 0 Å². The van der Waals surface area contributed by atoms with Gasteiger partial charge in [-0.15, -0.1) is 0 Å². The van der Waals surface area contributed by atoms with Gasteiger partial charge in [0.1, 0.15) is 5.75 Å². The van der Waals surface area contributed by atoms with E-state index in [0.717, 1.165) is 49.7 Å². The summed E-state index contributed by atoms with van der Waals surface area (Å²) in [6.45, 7) is 8.07. The molecule has 2 aliphatic heterocycles. The Morgan fingerprint density at radius 1 is 1.11 bits per heavy atom. The van der Waals surface area contributed by atoms with Gasteiger partial charge in [-0.3, -0.25) is 14.5 Å². The van der Waals surface area contributed by atoms with E-state index in [9.17, 15) is 9.59 Å². The van der Waals surface area contributed by atoms with E-state index < -0.39 is 0 Å². The molecule has 1 spiro atoms. The summed E-state index contributed by atoms with van der Waals surface area (Å²) < 4.78 is 5.79. The summed E-state index contributed by atoms with van der Waals surface area (Å²) in [5.74, 6) is 1.60. The largest absolute Gasteiger partial charge is 0.493 e. The molecule has 2 aromatic rings. The first-order valence-electron chi connectivity index (χ1n) is 14.1. The number of nitrogens with zero attached hydrogens (tertiary/aromatic N) is 3. The Kier molecular flexibility index (Phi) is 7.66. The fourth-order valence-corrected chi connectivity index (χ4v) is 6.09. The van der Waals surface area contributed by atoms with Gasteiger partial charge in [-0.25, -0.2) is 0 Å². The summed E-state index contributed by atoms with van der Waals surface area (Å²) in [6, 6.07) is 14.0. The predicted octanol–water partition coefficient (Wildman–Crippen LogP) is 4.95. The van der Waals surface area contributed by atoms with E-state index in [2.05, 4.69) is 41.1 Å². The molecule has 2 heterocycles. The van der Waals surface area contributed by atoms with Crippen molar-refractivity contribution in [1.82, 2.24) is 9.80 Å². The average Bonchev–Trinajstić information content (AvgIpc) is 3.50. The Morgan fingerprint density at radius 3 is 2.55 bits per heavy atom. The van der Waals surface area contributed by atoms with Crippen LogP contribution in [0.5, 0.6) is 5.75 Å². The molecule has 3 aliphatic rings. The molecule has 1 aliphatic carbocycles. The second-order valence-corrected chi connectivity index (χ2v) is 11.8. The summed E-state index contributed by atoms with van der Waals surface area (Å²) in [5, 5.41) is 3.08. The van der Waals surface area contributed by atoms with Crippen molar-refractivity contribution in [3.05, 3.63) is 53.6 Å². The molecule has 2 unspecified atom stereocenters. The highest BCUT2D eigenvalue weighted by molar-refractivity contribution is 6.04. The number of carbonyl (C=O) groups is 2. The molecule has 2 amide bonds. The Balaban J connectivity index is 1.20. The highest BCUT2D eigenvalue weighted by Crippen LogP contribution is 2.41. The Bertz CT molecular complexity index is 1160. The van der Waals surface area contributed by atoms with E-state index in [1.165, 1.54) is 31.4 Å². The average molecular weight is 519 g/mol. The van der Waals surface area contributed by atoms with Gasteiger partial charge < -0.3 is 19.9 Å². The lowest BCUT2D eigenvalue weighted by atomic mass is 9.93. The van der Waals surface area contributed by atoms with Crippen LogP contribution in [0, 0.1) is 12.8 Å². The molecular formula is C31H42N4O3. The molecule has 7 heteroatoms. The number of ether oxygens (including phenoxy) is 1. The molecule has 7 nitrogen and oxygen atoms in total. The van der Waals surface area contributed by atoms with E-state index >= 15 is 0 Å². The zero-order chi connectivity index (χ0) is 26.9. The zero-order valence-corrected chi connectivity index (χ0v) is 23.3. The third kappa shape index (κ3) is 5.83. The number of hydrogen-bond acceptors (Lipinski definition) is 5. The van der Waals surface area contributed by atoms with Crippen molar-refractivity contribution in [2.24, 2.45) is 5.92 Å².